The second kappa shape index (κ2) is 17.9. The fourth-order valence-electron chi connectivity index (χ4n) is 10.3. The van der Waals surface area contributed by atoms with E-state index in [1.807, 2.05) is 90.1 Å². The number of piperazine rings is 1. The van der Waals surface area contributed by atoms with Gasteiger partial charge in [-0.25, -0.2) is 9.97 Å². The summed E-state index contributed by atoms with van der Waals surface area (Å²) in [5, 5.41) is 14.0. The predicted octanol–water partition coefficient (Wildman–Crippen LogP) is 5.79. The van der Waals surface area contributed by atoms with E-state index in [0.29, 0.717) is 44.3 Å². The van der Waals surface area contributed by atoms with E-state index in [2.05, 4.69) is 54.8 Å². The normalized spacial score (nSPS) is 24.3. The molecule has 11 rings (SSSR count). The van der Waals surface area contributed by atoms with Crippen molar-refractivity contribution in [2.45, 2.75) is 63.6 Å². The molecular formula is C52H53N7O4. The van der Waals surface area contributed by atoms with Crippen LogP contribution < -0.4 is 10.1 Å². The molecule has 63 heavy (non-hydrogen) atoms. The van der Waals surface area contributed by atoms with Gasteiger partial charge in [-0.05, 0) is 97.7 Å². The monoisotopic (exact) mass is 839 g/mol. The van der Waals surface area contributed by atoms with Crippen molar-refractivity contribution in [3.63, 3.8) is 0 Å². The van der Waals surface area contributed by atoms with Gasteiger partial charge >= 0.3 is 0 Å². The number of rotatable bonds is 9. The first-order chi connectivity index (χ1) is 30.8. The highest BCUT2D eigenvalue weighted by atomic mass is 16.5. The number of aromatic nitrogens is 3. The van der Waals surface area contributed by atoms with Crippen LogP contribution in [0.5, 0.6) is 5.75 Å². The summed E-state index contributed by atoms with van der Waals surface area (Å²) < 4.78 is 6.35. The van der Waals surface area contributed by atoms with E-state index in [-0.39, 0.29) is 29.1 Å². The number of fused-ring (bicyclic) bond motifs is 3. The summed E-state index contributed by atoms with van der Waals surface area (Å²) in [7, 11) is 0. The fraction of sp³-hybridized carbons (Fsp3) is 0.404. The zero-order valence-electron chi connectivity index (χ0n) is 35.6. The number of nitrogens with zero attached hydrogens (tertiary/aromatic N) is 6. The number of amides is 2. The van der Waals surface area contributed by atoms with Crippen molar-refractivity contribution in [2.24, 2.45) is 17.3 Å². The third-order valence-electron chi connectivity index (χ3n) is 13.9. The number of pyridine rings is 1. The van der Waals surface area contributed by atoms with Crippen LogP contribution in [0.25, 0.3) is 22.3 Å². The largest absolute Gasteiger partial charge is 0.493 e. The van der Waals surface area contributed by atoms with Crippen molar-refractivity contribution < 1.29 is 19.4 Å². The molecule has 0 spiro atoms. The van der Waals surface area contributed by atoms with E-state index < -0.39 is 6.23 Å². The zero-order valence-corrected chi connectivity index (χ0v) is 35.6. The van der Waals surface area contributed by atoms with Crippen LogP contribution in [0.1, 0.15) is 72.4 Å². The Morgan fingerprint density at radius 1 is 0.857 bits per heavy atom. The van der Waals surface area contributed by atoms with Crippen LogP contribution in [-0.4, -0.2) is 105 Å². The standard InChI is InChI=1S/C52H53N7O4/c60-48-18-17-44(50(61)56-48)38-11-5-8-37(27-38)7-3-4-20-57-23-25-58(26-24-57)21-6-9-36-13-15-43(16-14-36)63-35-52-29-42(30-52)45(31-52)51(62)59-22-19-40-32-54-49(55-47(40)34-59)41-28-39-10-1-2-12-46(39)53-33-41/h1-2,5,8,10-16,27-28,32-33,42,44-45,50,61H,4,17-26,29-31,34-35H2,(H,56,60)/t42?,44?,45-,50?,52?/m1/s1. The van der Waals surface area contributed by atoms with E-state index in [0.717, 1.165) is 122 Å². The van der Waals surface area contributed by atoms with Crippen LogP contribution in [0.2, 0.25) is 0 Å². The lowest BCUT2D eigenvalue weighted by Crippen LogP contribution is -2.46. The van der Waals surface area contributed by atoms with Crippen molar-refractivity contribution in [1.29, 1.82) is 0 Å². The fourth-order valence-corrected chi connectivity index (χ4v) is 10.3. The number of benzene rings is 3. The van der Waals surface area contributed by atoms with E-state index in [1.54, 1.807) is 0 Å². The van der Waals surface area contributed by atoms with Crippen LogP contribution in [0.4, 0.5) is 0 Å². The molecule has 3 aromatic carbocycles. The van der Waals surface area contributed by atoms with Crippen molar-refractivity contribution in [1.82, 2.24) is 35.0 Å². The lowest BCUT2D eigenvalue weighted by molar-refractivity contribution is -0.137. The van der Waals surface area contributed by atoms with Gasteiger partial charge in [-0.15, -0.1) is 0 Å². The number of aliphatic hydroxyl groups excluding tert-OH is 1. The van der Waals surface area contributed by atoms with Crippen LogP contribution in [0.15, 0.2) is 91.3 Å². The summed E-state index contributed by atoms with van der Waals surface area (Å²) in [6.45, 7) is 7.52. The topological polar surface area (TPSA) is 124 Å². The van der Waals surface area contributed by atoms with Gasteiger partial charge in [-0.3, -0.25) is 24.4 Å². The lowest BCUT2D eigenvalue weighted by atomic mass is 9.70. The summed E-state index contributed by atoms with van der Waals surface area (Å²) in [4.78, 5) is 46.6. The van der Waals surface area contributed by atoms with Gasteiger partial charge in [0.15, 0.2) is 5.82 Å². The highest BCUT2D eigenvalue weighted by Crippen LogP contribution is 2.62. The van der Waals surface area contributed by atoms with Gasteiger partial charge in [-0.2, -0.15) is 0 Å². The van der Waals surface area contributed by atoms with E-state index in [4.69, 9.17) is 9.72 Å². The number of hydrogen-bond donors (Lipinski definition) is 2. The van der Waals surface area contributed by atoms with Crippen LogP contribution in [0, 0.1) is 40.9 Å². The summed E-state index contributed by atoms with van der Waals surface area (Å²) >= 11 is 0. The van der Waals surface area contributed by atoms with Crippen molar-refractivity contribution in [3.05, 3.63) is 119 Å². The van der Waals surface area contributed by atoms with Crippen molar-refractivity contribution in [2.75, 3.05) is 52.4 Å². The number of nitrogens with one attached hydrogen (secondary N) is 1. The number of ether oxygens (including phenoxy) is 1. The van der Waals surface area contributed by atoms with Gasteiger partial charge in [0.1, 0.15) is 12.0 Å². The third-order valence-corrected chi connectivity index (χ3v) is 13.9. The lowest BCUT2D eigenvalue weighted by Gasteiger charge is -2.38. The molecule has 320 valence electrons. The molecule has 2 aromatic heterocycles. The maximum atomic E-state index is 13.9. The van der Waals surface area contributed by atoms with Crippen LogP contribution in [0.3, 0.4) is 0 Å². The molecule has 2 bridgehead atoms. The molecule has 5 aromatic rings. The SMILES string of the molecule is O=C1CCC(c2cccc(C#CCCN3CCN(CC#Cc4ccc(OCC56CC(C5)[C@H](C(=O)N5CCc7cnc(-c8cnc9ccccc9c8)nc7C5)C6)cc4)CC3)c2)C(O)N1. The summed E-state index contributed by atoms with van der Waals surface area (Å²) in [6, 6.07) is 26.2. The maximum Gasteiger partial charge on any atom is 0.226 e. The molecule has 5 fully saturated rings. The Bertz CT molecular complexity index is 2630. The Balaban J connectivity index is 0.642. The number of aliphatic hydroxyl groups is 1. The van der Waals surface area contributed by atoms with Gasteiger partial charge in [0.2, 0.25) is 11.8 Å². The van der Waals surface area contributed by atoms with E-state index >= 15 is 0 Å². The minimum Gasteiger partial charge on any atom is -0.493 e. The Morgan fingerprint density at radius 3 is 2.54 bits per heavy atom. The van der Waals surface area contributed by atoms with Crippen LogP contribution in [-0.2, 0) is 22.6 Å². The minimum absolute atomic E-state index is 0.0496. The Morgan fingerprint density at radius 2 is 1.68 bits per heavy atom. The van der Waals surface area contributed by atoms with Gasteiger partial charge in [-0.1, -0.05) is 54.0 Å². The predicted molar refractivity (Wildman–Crippen MR) is 241 cm³/mol. The Hall–Kier alpha value is -6.11. The first kappa shape index (κ1) is 40.9. The number of hydrogen-bond acceptors (Lipinski definition) is 9. The molecule has 3 atom stereocenters. The molecule has 0 radical (unpaired) electrons. The summed E-state index contributed by atoms with van der Waals surface area (Å²) in [5.74, 6) is 15.4. The average molecular weight is 840 g/mol. The van der Waals surface area contributed by atoms with Gasteiger partial charge in [0.25, 0.3) is 0 Å². The van der Waals surface area contributed by atoms with E-state index in [1.165, 1.54) is 0 Å². The van der Waals surface area contributed by atoms with E-state index in [9.17, 15) is 14.7 Å². The van der Waals surface area contributed by atoms with Gasteiger partial charge in [0.05, 0.1) is 30.9 Å². The molecule has 3 aliphatic heterocycles. The van der Waals surface area contributed by atoms with Gasteiger partial charge < -0.3 is 20.1 Å². The first-order valence-corrected chi connectivity index (χ1v) is 22.5. The molecule has 11 nitrogen and oxygen atoms in total. The average Bonchev–Trinajstić information content (AvgIpc) is 3.87. The van der Waals surface area contributed by atoms with Crippen molar-refractivity contribution in [3.8, 4) is 40.8 Å². The molecule has 2 unspecified atom stereocenters. The number of carbonyl (C=O) groups is 2. The number of para-hydroxylation sites is 1. The highest BCUT2D eigenvalue weighted by Gasteiger charge is 2.59. The van der Waals surface area contributed by atoms with Crippen LogP contribution >= 0.6 is 0 Å². The quantitative estimate of drug-likeness (QED) is 0.178. The number of piperidine rings is 1. The highest BCUT2D eigenvalue weighted by molar-refractivity contribution is 5.82. The summed E-state index contributed by atoms with van der Waals surface area (Å²) in [6.07, 6.45) is 8.54. The second-order valence-corrected chi connectivity index (χ2v) is 18.1. The Labute approximate surface area is 369 Å². The van der Waals surface area contributed by atoms with Crippen molar-refractivity contribution >= 4 is 22.7 Å². The maximum absolute atomic E-state index is 13.9. The molecule has 2 N–H and O–H groups in total. The van der Waals surface area contributed by atoms with Gasteiger partial charge in [0, 0.05) is 104 Å². The first-order valence-electron chi connectivity index (χ1n) is 22.5. The summed E-state index contributed by atoms with van der Waals surface area (Å²) in [5.41, 5.74) is 6.89. The third kappa shape index (κ3) is 9.19. The molecule has 11 heteroatoms. The molecule has 5 heterocycles. The Kier molecular flexibility index (Phi) is 11.7. The molecule has 3 saturated carbocycles. The second-order valence-electron chi connectivity index (χ2n) is 18.1. The zero-order chi connectivity index (χ0) is 42.8. The minimum atomic E-state index is -0.848. The molecule has 2 amide bonds. The molecule has 6 aliphatic rings. The molecular weight excluding hydrogens is 787 g/mol. The molecule has 2 saturated heterocycles. The smallest absolute Gasteiger partial charge is 0.226 e. The number of carbonyl (C=O) groups excluding carboxylic acids is 2. The molecule has 3 aliphatic carbocycles.